The maximum absolute atomic E-state index is 12.4. The van der Waals surface area contributed by atoms with Crippen LogP contribution in [0, 0.1) is 0 Å². The fraction of sp³-hybridized carbons (Fsp3) is 0.182. The van der Waals surface area contributed by atoms with Crippen LogP contribution in [0.5, 0.6) is 0 Å². The van der Waals surface area contributed by atoms with Crippen molar-refractivity contribution in [3.63, 3.8) is 0 Å². The molecule has 10 nitrogen and oxygen atoms in total. The first-order chi connectivity index (χ1) is 17.6. The second-order valence-electron chi connectivity index (χ2n) is 7.64. The summed E-state index contributed by atoms with van der Waals surface area (Å²) < 4.78 is 76.5. The number of Topliss-reactive ketones (excluding diaryl/α,β-unsaturated/α-hetero) is 2. The van der Waals surface area contributed by atoms with Gasteiger partial charge in [0.05, 0.1) is 41.1 Å². The first-order valence-corrected chi connectivity index (χ1v) is 10.4. The van der Waals surface area contributed by atoms with Gasteiger partial charge in [0, 0.05) is 6.20 Å². The molecular weight excluding hydrogens is 522 g/mol. The zero-order chi connectivity index (χ0) is 28.4. The van der Waals surface area contributed by atoms with Crippen LogP contribution < -0.4 is 11.5 Å². The van der Waals surface area contributed by atoms with Gasteiger partial charge in [-0.2, -0.15) is 31.4 Å². The summed E-state index contributed by atoms with van der Waals surface area (Å²) in [5.41, 5.74) is 10.2. The molecule has 4 heterocycles. The molecule has 16 heteroatoms. The van der Waals surface area contributed by atoms with Crippen molar-refractivity contribution in [1.29, 1.82) is 0 Å². The van der Waals surface area contributed by atoms with Crippen LogP contribution >= 0.6 is 0 Å². The topological polar surface area (TPSA) is 148 Å². The number of rotatable bonds is 4. The van der Waals surface area contributed by atoms with Gasteiger partial charge in [-0.25, -0.2) is 19.3 Å². The number of alkyl halides is 6. The number of anilines is 2. The second kappa shape index (κ2) is 10.3. The number of ketones is 2. The van der Waals surface area contributed by atoms with E-state index in [1.54, 1.807) is 0 Å². The summed E-state index contributed by atoms with van der Waals surface area (Å²) in [6, 6.07) is 4.04. The molecule has 0 aliphatic heterocycles. The van der Waals surface area contributed by atoms with Crippen molar-refractivity contribution in [2.45, 2.75) is 26.2 Å². The Morgan fingerprint density at radius 1 is 0.763 bits per heavy atom. The Labute approximate surface area is 209 Å². The highest BCUT2D eigenvalue weighted by Gasteiger charge is 2.33. The number of hydrogen-bond acceptors (Lipinski definition) is 8. The number of halogens is 6. The van der Waals surface area contributed by atoms with Gasteiger partial charge in [-0.15, -0.1) is 5.10 Å². The van der Waals surface area contributed by atoms with Gasteiger partial charge in [0.2, 0.25) is 0 Å². The van der Waals surface area contributed by atoms with Crippen LogP contribution in [0.25, 0.3) is 11.4 Å². The van der Waals surface area contributed by atoms with Crippen molar-refractivity contribution in [2.75, 3.05) is 11.5 Å². The molecular formula is C22H18F6N8O2. The molecule has 0 atom stereocenters. The molecule has 0 amide bonds. The lowest BCUT2D eigenvalue weighted by Crippen LogP contribution is -2.09. The minimum Gasteiger partial charge on any atom is -0.383 e. The third kappa shape index (κ3) is 6.13. The summed E-state index contributed by atoms with van der Waals surface area (Å²) in [5, 5.41) is 7.69. The van der Waals surface area contributed by atoms with Gasteiger partial charge < -0.3 is 11.5 Å². The highest BCUT2D eigenvalue weighted by molar-refractivity contribution is 5.98. The van der Waals surface area contributed by atoms with E-state index in [0.29, 0.717) is 0 Å². The third-order valence-corrected chi connectivity index (χ3v) is 4.89. The Morgan fingerprint density at radius 2 is 1.26 bits per heavy atom. The molecule has 4 N–H and O–H groups in total. The fourth-order valence-electron chi connectivity index (χ4n) is 2.99. The number of aromatic nitrogens is 6. The van der Waals surface area contributed by atoms with E-state index in [1.807, 2.05) is 0 Å². The van der Waals surface area contributed by atoms with Crippen molar-refractivity contribution in [3.8, 4) is 11.4 Å². The Hall–Kier alpha value is -4.76. The van der Waals surface area contributed by atoms with E-state index in [2.05, 4.69) is 20.2 Å². The summed E-state index contributed by atoms with van der Waals surface area (Å²) >= 11 is 0. The minimum absolute atomic E-state index is 0.0207. The van der Waals surface area contributed by atoms with Crippen LogP contribution in [0.15, 0.2) is 49.1 Å². The molecule has 0 fully saturated rings. The van der Waals surface area contributed by atoms with Gasteiger partial charge in [0.15, 0.2) is 17.4 Å². The summed E-state index contributed by atoms with van der Waals surface area (Å²) in [6.07, 6.45) is -4.38. The van der Waals surface area contributed by atoms with E-state index in [9.17, 15) is 35.9 Å². The summed E-state index contributed by atoms with van der Waals surface area (Å²) in [7, 11) is 0. The molecule has 0 aliphatic rings. The van der Waals surface area contributed by atoms with Gasteiger partial charge >= 0.3 is 12.4 Å². The lowest BCUT2D eigenvalue weighted by Gasteiger charge is -2.07. The van der Waals surface area contributed by atoms with Crippen molar-refractivity contribution < 1.29 is 35.9 Å². The third-order valence-electron chi connectivity index (χ3n) is 4.89. The molecule has 0 unspecified atom stereocenters. The van der Waals surface area contributed by atoms with Gasteiger partial charge in [-0.3, -0.25) is 9.59 Å². The Kier molecular flexibility index (Phi) is 7.55. The van der Waals surface area contributed by atoms with E-state index < -0.39 is 23.7 Å². The first kappa shape index (κ1) is 27.8. The Balaban J connectivity index is 0.000000211. The lowest BCUT2D eigenvalue weighted by molar-refractivity contribution is -0.141. The first-order valence-electron chi connectivity index (χ1n) is 10.4. The number of nitrogens with two attached hydrogens (primary N) is 2. The molecule has 0 radical (unpaired) electrons. The summed E-state index contributed by atoms with van der Waals surface area (Å²) in [5.74, 6) is -0.464. The lowest BCUT2D eigenvalue weighted by atomic mass is 10.2. The molecule has 0 saturated carbocycles. The molecule has 0 bridgehead atoms. The van der Waals surface area contributed by atoms with E-state index in [1.165, 1.54) is 43.1 Å². The van der Waals surface area contributed by atoms with Gasteiger partial charge in [-0.1, -0.05) is 0 Å². The average Bonchev–Trinajstić information content (AvgIpc) is 3.41. The highest BCUT2D eigenvalue weighted by atomic mass is 19.4. The highest BCUT2D eigenvalue weighted by Crippen LogP contribution is 2.29. The molecule has 0 aliphatic carbocycles. The molecule has 4 rings (SSSR count). The smallest absolute Gasteiger partial charge is 0.383 e. The molecule has 0 spiro atoms. The van der Waals surface area contributed by atoms with Crippen LogP contribution in [0.3, 0.4) is 0 Å². The van der Waals surface area contributed by atoms with E-state index in [4.69, 9.17) is 11.5 Å². The van der Waals surface area contributed by atoms with Crippen LogP contribution in [-0.4, -0.2) is 41.1 Å². The monoisotopic (exact) mass is 540 g/mol. The molecule has 0 saturated heterocycles. The average molecular weight is 540 g/mol. The standard InChI is InChI=1S/2C11H9F3N4O/c1-6(19)8-5-18(17-10(8)15)7-2-3-9(16-4-7)11(12,13)14;1-6(19)8-5-17-18(10(8)15)7-2-3-9(16-4-7)11(12,13)14/h2-5H,1H3,(H2,15,17);2-5H,15H2,1H3. The van der Waals surface area contributed by atoms with Gasteiger partial charge in [0.25, 0.3) is 0 Å². The van der Waals surface area contributed by atoms with Crippen molar-refractivity contribution in [1.82, 2.24) is 29.5 Å². The predicted octanol–water partition coefficient (Wildman–Crippen LogP) is 4.14. The zero-order valence-electron chi connectivity index (χ0n) is 19.5. The summed E-state index contributed by atoms with van der Waals surface area (Å²) in [6.45, 7) is 2.64. The van der Waals surface area contributed by atoms with Crippen molar-refractivity contribution in [3.05, 3.63) is 71.6 Å². The number of hydrogen-bond donors (Lipinski definition) is 2. The van der Waals surface area contributed by atoms with Crippen LogP contribution in [0.1, 0.15) is 46.0 Å². The van der Waals surface area contributed by atoms with Crippen LogP contribution in [-0.2, 0) is 12.4 Å². The normalized spacial score (nSPS) is 11.6. The van der Waals surface area contributed by atoms with Gasteiger partial charge in [-0.05, 0) is 38.1 Å². The SMILES string of the molecule is CC(=O)c1cn(-c2ccc(C(F)(F)F)nc2)nc1N.CC(=O)c1cnn(-c2ccc(C(F)(F)F)nc2)c1N. The number of pyridine rings is 2. The molecule has 200 valence electrons. The quantitative estimate of drug-likeness (QED) is 0.290. The molecule has 4 aromatic heterocycles. The van der Waals surface area contributed by atoms with Crippen molar-refractivity contribution >= 4 is 23.2 Å². The van der Waals surface area contributed by atoms with E-state index >= 15 is 0 Å². The Bertz CT molecular complexity index is 1440. The number of nitrogen functional groups attached to an aromatic ring is 2. The molecule has 4 aromatic rings. The number of carbonyl (C=O) groups excluding carboxylic acids is 2. The van der Waals surface area contributed by atoms with Gasteiger partial charge in [0.1, 0.15) is 17.2 Å². The largest absolute Gasteiger partial charge is 0.433 e. The fourth-order valence-corrected chi connectivity index (χ4v) is 2.99. The molecule has 38 heavy (non-hydrogen) atoms. The predicted molar refractivity (Wildman–Crippen MR) is 122 cm³/mol. The van der Waals surface area contributed by atoms with Crippen molar-refractivity contribution in [2.24, 2.45) is 0 Å². The second-order valence-corrected chi connectivity index (χ2v) is 7.64. The molecule has 0 aromatic carbocycles. The number of carbonyl (C=O) groups is 2. The van der Waals surface area contributed by atoms with Crippen LogP contribution in [0.4, 0.5) is 38.0 Å². The number of nitrogens with zero attached hydrogens (tertiary/aromatic N) is 6. The minimum atomic E-state index is -4.50. The van der Waals surface area contributed by atoms with E-state index in [0.717, 1.165) is 29.2 Å². The van der Waals surface area contributed by atoms with E-state index in [-0.39, 0.29) is 45.7 Å². The Morgan fingerprint density at radius 3 is 1.63 bits per heavy atom. The van der Waals surface area contributed by atoms with Crippen LogP contribution in [0.2, 0.25) is 0 Å². The summed E-state index contributed by atoms with van der Waals surface area (Å²) in [4.78, 5) is 29.0. The zero-order valence-corrected chi connectivity index (χ0v) is 19.5. The maximum atomic E-state index is 12.4. The maximum Gasteiger partial charge on any atom is 0.433 e.